The molecule has 1 aromatic heterocycles. The Labute approximate surface area is 166 Å². The summed E-state index contributed by atoms with van der Waals surface area (Å²) in [5.41, 5.74) is 2.57. The molecule has 148 valence electrons. The van der Waals surface area contributed by atoms with Crippen LogP contribution >= 0.6 is 11.3 Å². The number of nitrogens with zero attached hydrogens (tertiary/aromatic N) is 2. The monoisotopic (exact) mass is 405 g/mol. The van der Waals surface area contributed by atoms with Gasteiger partial charge < -0.3 is 10.1 Å². The Balaban J connectivity index is 1.56. The average Bonchev–Trinajstić information content (AvgIpc) is 2.99. The SMILES string of the molecule is CN(CC(=O)Nc1sc2c(c1C#N)CCCC2)Cc1ccc(OC(F)F)cc1. The first kappa shape index (κ1) is 20.2. The summed E-state index contributed by atoms with van der Waals surface area (Å²) in [4.78, 5) is 15.4. The number of halogens is 2. The van der Waals surface area contributed by atoms with Crippen LogP contribution in [-0.2, 0) is 24.2 Å². The van der Waals surface area contributed by atoms with E-state index >= 15 is 0 Å². The molecular weight excluding hydrogens is 384 g/mol. The summed E-state index contributed by atoms with van der Waals surface area (Å²) in [6.07, 6.45) is 4.07. The zero-order valence-corrected chi connectivity index (χ0v) is 16.3. The average molecular weight is 405 g/mol. The molecule has 28 heavy (non-hydrogen) atoms. The van der Waals surface area contributed by atoms with E-state index in [1.165, 1.54) is 28.3 Å². The van der Waals surface area contributed by atoms with Crippen LogP contribution in [0.4, 0.5) is 13.8 Å². The third kappa shape index (κ3) is 5.06. The van der Waals surface area contributed by atoms with Crippen LogP contribution < -0.4 is 10.1 Å². The molecule has 0 saturated heterocycles. The van der Waals surface area contributed by atoms with Crippen molar-refractivity contribution in [2.24, 2.45) is 0 Å². The van der Waals surface area contributed by atoms with E-state index in [2.05, 4.69) is 16.1 Å². The fourth-order valence-corrected chi connectivity index (χ4v) is 4.58. The Kier molecular flexibility index (Phi) is 6.60. The van der Waals surface area contributed by atoms with Crippen molar-refractivity contribution in [2.45, 2.75) is 38.8 Å². The van der Waals surface area contributed by atoms with Gasteiger partial charge in [0.25, 0.3) is 0 Å². The number of hydrogen-bond donors (Lipinski definition) is 1. The zero-order chi connectivity index (χ0) is 20.1. The summed E-state index contributed by atoms with van der Waals surface area (Å²) in [6.45, 7) is -2.21. The number of ether oxygens (including phenoxy) is 1. The Morgan fingerprint density at radius 1 is 1.32 bits per heavy atom. The molecule has 5 nitrogen and oxygen atoms in total. The molecule has 0 saturated carbocycles. The molecule has 1 amide bonds. The first-order valence-electron chi connectivity index (χ1n) is 9.03. The molecule has 1 N–H and O–H groups in total. The Hall–Kier alpha value is -2.50. The second-order valence-corrected chi connectivity index (χ2v) is 7.87. The predicted octanol–water partition coefficient (Wildman–Crippen LogP) is 4.17. The van der Waals surface area contributed by atoms with E-state index in [0.717, 1.165) is 36.8 Å². The number of amides is 1. The van der Waals surface area contributed by atoms with Crippen molar-refractivity contribution in [3.05, 3.63) is 45.8 Å². The van der Waals surface area contributed by atoms with E-state index in [-0.39, 0.29) is 18.2 Å². The summed E-state index contributed by atoms with van der Waals surface area (Å²) >= 11 is 1.50. The molecule has 0 atom stereocenters. The van der Waals surface area contributed by atoms with Crippen molar-refractivity contribution < 1.29 is 18.3 Å². The molecule has 0 aliphatic heterocycles. The molecule has 0 radical (unpaired) electrons. The van der Waals surface area contributed by atoms with Gasteiger partial charge in [0.05, 0.1) is 12.1 Å². The Morgan fingerprint density at radius 2 is 2.04 bits per heavy atom. The highest BCUT2D eigenvalue weighted by molar-refractivity contribution is 7.16. The normalized spacial score (nSPS) is 13.3. The molecule has 0 unspecified atom stereocenters. The van der Waals surface area contributed by atoms with Crippen molar-refractivity contribution in [2.75, 3.05) is 18.9 Å². The number of anilines is 1. The van der Waals surface area contributed by atoms with E-state index in [9.17, 15) is 18.8 Å². The number of carbonyl (C=O) groups excluding carboxylic acids is 1. The lowest BCUT2D eigenvalue weighted by Gasteiger charge is -2.16. The quantitative estimate of drug-likeness (QED) is 0.751. The van der Waals surface area contributed by atoms with E-state index in [0.29, 0.717) is 17.1 Å². The fourth-order valence-electron chi connectivity index (χ4n) is 3.33. The third-order valence-corrected chi connectivity index (χ3v) is 5.76. The van der Waals surface area contributed by atoms with Gasteiger partial charge in [-0.05, 0) is 56.0 Å². The summed E-state index contributed by atoms with van der Waals surface area (Å²) in [6, 6.07) is 8.57. The maximum atomic E-state index is 12.4. The van der Waals surface area contributed by atoms with Gasteiger partial charge >= 0.3 is 6.61 Å². The maximum Gasteiger partial charge on any atom is 0.387 e. The van der Waals surface area contributed by atoms with Crippen molar-refractivity contribution in [3.8, 4) is 11.8 Å². The van der Waals surface area contributed by atoms with E-state index in [1.807, 2.05) is 4.90 Å². The summed E-state index contributed by atoms with van der Waals surface area (Å²) in [5, 5.41) is 13.0. The lowest BCUT2D eigenvalue weighted by atomic mass is 9.96. The first-order chi connectivity index (χ1) is 13.5. The largest absolute Gasteiger partial charge is 0.435 e. The zero-order valence-electron chi connectivity index (χ0n) is 15.5. The number of benzene rings is 1. The molecule has 0 fully saturated rings. The van der Waals surface area contributed by atoms with Crippen LogP contribution in [0, 0.1) is 11.3 Å². The van der Waals surface area contributed by atoms with Crippen LogP contribution in [0.25, 0.3) is 0 Å². The molecule has 1 heterocycles. The van der Waals surface area contributed by atoms with Gasteiger partial charge in [0, 0.05) is 11.4 Å². The van der Waals surface area contributed by atoms with Crippen molar-refractivity contribution >= 4 is 22.2 Å². The lowest BCUT2D eigenvalue weighted by molar-refractivity contribution is -0.117. The number of hydrogen-bond acceptors (Lipinski definition) is 5. The van der Waals surface area contributed by atoms with Crippen LogP contribution in [-0.4, -0.2) is 31.0 Å². The standard InChI is InChI=1S/C20H21F2N3O2S/c1-25(11-13-6-8-14(9-7-13)27-20(21)22)12-18(26)24-19-16(10-23)15-4-2-3-5-17(15)28-19/h6-9,20H,2-5,11-12H2,1H3,(H,24,26). The summed E-state index contributed by atoms with van der Waals surface area (Å²) < 4.78 is 28.7. The van der Waals surface area contributed by atoms with Crippen LogP contribution in [0.1, 0.15) is 34.4 Å². The highest BCUT2D eigenvalue weighted by atomic mass is 32.1. The number of nitrogens with one attached hydrogen (secondary N) is 1. The maximum absolute atomic E-state index is 12.4. The van der Waals surface area contributed by atoms with E-state index in [4.69, 9.17) is 0 Å². The molecule has 3 rings (SSSR count). The second-order valence-electron chi connectivity index (χ2n) is 6.77. The van der Waals surface area contributed by atoms with E-state index in [1.54, 1.807) is 19.2 Å². The minimum absolute atomic E-state index is 0.102. The van der Waals surface area contributed by atoms with Crippen LogP contribution in [0.15, 0.2) is 24.3 Å². The second kappa shape index (κ2) is 9.13. The Bertz CT molecular complexity index is 875. The van der Waals surface area contributed by atoms with Crippen LogP contribution in [0.2, 0.25) is 0 Å². The predicted molar refractivity (Wildman–Crippen MR) is 104 cm³/mol. The fraction of sp³-hybridized carbons (Fsp3) is 0.400. The molecule has 2 aromatic rings. The number of rotatable bonds is 7. The molecule has 1 aliphatic rings. The highest BCUT2D eigenvalue weighted by Gasteiger charge is 2.22. The number of carbonyl (C=O) groups is 1. The van der Waals surface area contributed by atoms with Crippen molar-refractivity contribution in [3.63, 3.8) is 0 Å². The van der Waals surface area contributed by atoms with Gasteiger partial charge in [0.2, 0.25) is 5.91 Å². The van der Waals surface area contributed by atoms with Crippen LogP contribution in [0.5, 0.6) is 5.75 Å². The first-order valence-corrected chi connectivity index (χ1v) is 9.84. The van der Waals surface area contributed by atoms with Crippen molar-refractivity contribution in [1.82, 2.24) is 4.90 Å². The summed E-state index contributed by atoms with van der Waals surface area (Å²) in [5.74, 6) is -0.0832. The minimum Gasteiger partial charge on any atom is -0.435 e. The highest BCUT2D eigenvalue weighted by Crippen LogP contribution is 2.37. The van der Waals surface area contributed by atoms with Gasteiger partial charge in [-0.15, -0.1) is 11.3 Å². The van der Waals surface area contributed by atoms with Gasteiger partial charge in [0.1, 0.15) is 16.8 Å². The van der Waals surface area contributed by atoms with Gasteiger partial charge in [-0.2, -0.15) is 14.0 Å². The van der Waals surface area contributed by atoms with Gasteiger partial charge in [-0.25, -0.2) is 0 Å². The number of aryl methyl sites for hydroxylation is 1. The number of fused-ring (bicyclic) bond motifs is 1. The van der Waals surface area contributed by atoms with Gasteiger partial charge in [-0.3, -0.25) is 9.69 Å². The molecule has 1 aromatic carbocycles. The number of nitriles is 1. The Morgan fingerprint density at radius 3 is 2.71 bits per heavy atom. The lowest BCUT2D eigenvalue weighted by Crippen LogP contribution is -2.29. The minimum atomic E-state index is -2.85. The molecule has 8 heteroatoms. The smallest absolute Gasteiger partial charge is 0.387 e. The molecule has 1 aliphatic carbocycles. The number of thiophene rings is 1. The summed E-state index contributed by atoms with van der Waals surface area (Å²) in [7, 11) is 1.80. The van der Waals surface area contributed by atoms with Gasteiger partial charge in [-0.1, -0.05) is 12.1 Å². The number of likely N-dealkylation sites (N-methyl/N-ethyl adjacent to an activating group) is 1. The molecule has 0 bridgehead atoms. The molecule has 0 spiro atoms. The van der Waals surface area contributed by atoms with Gasteiger partial charge in [0.15, 0.2) is 0 Å². The van der Waals surface area contributed by atoms with Crippen LogP contribution in [0.3, 0.4) is 0 Å². The number of alkyl halides is 2. The topological polar surface area (TPSA) is 65.4 Å². The third-order valence-electron chi connectivity index (χ3n) is 4.55. The molecular formula is C20H21F2N3O2S. The van der Waals surface area contributed by atoms with Crippen molar-refractivity contribution in [1.29, 1.82) is 5.26 Å². The van der Waals surface area contributed by atoms with E-state index < -0.39 is 6.61 Å².